The lowest BCUT2D eigenvalue weighted by Crippen LogP contribution is -2.22. The lowest BCUT2D eigenvalue weighted by Gasteiger charge is -2.09. The Labute approximate surface area is 153 Å². The summed E-state index contributed by atoms with van der Waals surface area (Å²) in [6.45, 7) is 6.03. The molecule has 6 heteroatoms. The highest BCUT2D eigenvalue weighted by molar-refractivity contribution is 6.04. The van der Waals surface area contributed by atoms with Crippen LogP contribution in [-0.4, -0.2) is 38.2 Å². The van der Waals surface area contributed by atoms with Gasteiger partial charge >= 0.3 is 0 Å². The Balaban J connectivity index is 1.89. The van der Waals surface area contributed by atoms with Gasteiger partial charge in [0.05, 0.1) is 6.61 Å². The molecule has 0 unspecified atom stereocenters. The SMILES string of the molecule is CCNC(=O)c1ccc(NC(=O)c2ccc(OCCOCC)cc2)cc1. The minimum atomic E-state index is -0.225. The van der Waals surface area contributed by atoms with Gasteiger partial charge in [0.2, 0.25) is 0 Å². The van der Waals surface area contributed by atoms with Crippen molar-refractivity contribution in [2.45, 2.75) is 13.8 Å². The predicted octanol–water partition coefficient (Wildman–Crippen LogP) is 3.10. The monoisotopic (exact) mass is 356 g/mol. The Morgan fingerprint density at radius 2 is 1.46 bits per heavy atom. The Morgan fingerprint density at radius 1 is 0.846 bits per heavy atom. The zero-order valence-electron chi connectivity index (χ0n) is 15.1. The van der Waals surface area contributed by atoms with Gasteiger partial charge in [-0.3, -0.25) is 9.59 Å². The minimum Gasteiger partial charge on any atom is -0.491 e. The van der Waals surface area contributed by atoms with Crippen molar-refractivity contribution in [1.82, 2.24) is 5.32 Å². The number of carbonyl (C=O) groups excluding carboxylic acids is 2. The fraction of sp³-hybridized carbons (Fsp3) is 0.300. The number of hydrogen-bond acceptors (Lipinski definition) is 4. The van der Waals surface area contributed by atoms with Crippen LogP contribution in [0.5, 0.6) is 5.75 Å². The normalized spacial score (nSPS) is 10.2. The van der Waals surface area contributed by atoms with Crippen molar-refractivity contribution in [1.29, 1.82) is 0 Å². The van der Waals surface area contributed by atoms with Gasteiger partial charge in [-0.2, -0.15) is 0 Å². The molecule has 138 valence electrons. The molecule has 0 fully saturated rings. The van der Waals surface area contributed by atoms with Crippen LogP contribution in [0.15, 0.2) is 48.5 Å². The predicted molar refractivity (Wildman–Crippen MR) is 101 cm³/mol. The van der Waals surface area contributed by atoms with Gasteiger partial charge in [-0.15, -0.1) is 0 Å². The molecule has 2 N–H and O–H groups in total. The summed E-state index contributed by atoms with van der Waals surface area (Å²) in [5.41, 5.74) is 1.70. The summed E-state index contributed by atoms with van der Waals surface area (Å²) in [7, 11) is 0. The summed E-state index contributed by atoms with van der Waals surface area (Å²) < 4.78 is 10.7. The van der Waals surface area contributed by atoms with Gasteiger partial charge < -0.3 is 20.1 Å². The Kier molecular flexibility index (Phi) is 7.64. The van der Waals surface area contributed by atoms with Gasteiger partial charge in [0.25, 0.3) is 11.8 Å². The van der Waals surface area contributed by atoms with Crippen molar-refractivity contribution in [3.63, 3.8) is 0 Å². The highest BCUT2D eigenvalue weighted by Gasteiger charge is 2.08. The number of ether oxygens (including phenoxy) is 2. The van der Waals surface area contributed by atoms with Crippen LogP contribution in [0.1, 0.15) is 34.6 Å². The number of carbonyl (C=O) groups is 2. The van der Waals surface area contributed by atoms with E-state index in [9.17, 15) is 9.59 Å². The van der Waals surface area contributed by atoms with Crippen LogP contribution in [0.2, 0.25) is 0 Å². The molecule has 2 amide bonds. The standard InChI is InChI=1S/C20H24N2O4/c1-3-21-19(23)15-5-9-17(10-6-15)22-20(24)16-7-11-18(12-8-16)26-14-13-25-4-2/h5-12H,3-4,13-14H2,1-2H3,(H,21,23)(H,22,24). The maximum Gasteiger partial charge on any atom is 0.255 e. The first kappa shape index (κ1) is 19.5. The van der Waals surface area contributed by atoms with E-state index in [-0.39, 0.29) is 11.8 Å². The molecule has 0 radical (unpaired) electrons. The number of rotatable bonds is 9. The summed E-state index contributed by atoms with van der Waals surface area (Å²) in [4.78, 5) is 24.0. The van der Waals surface area contributed by atoms with Gasteiger partial charge in [-0.25, -0.2) is 0 Å². The van der Waals surface area contributed by atoms with Gasteiger partial charge in [0, 0.05) is 30.0 Å². The van der Waals surface area contributed by atoms with Crippen LogP contribution >= 0.6 is 0 Å². The van der Waals surface area contributed by atoms with Crippen LogP contribution in [0.4, 0.5) is 5.69 Å². The Morgan fingerprint density at radius 3 is 2.08 bits per heavy atom. The molecule has 0 saturated carbocycles. The number of nitrogens with one attached hydrogen (secondary N) is 2. The largest absolute Gasteiger partial charge is 0.491 e. The molecular weight excluding hydrogens is 332 g/mol. The molecule has 0 spiro atoms. The molecule has 2 aromatic carbocycles. The zero-order valence-corrected chi connectivity index (χ0v) is 15.1. The molecular formula is C20H24N2O4. The zero-order chi connectivity index (χ0) is 18.8. The van der Waals surface area contributed by atoms with E-state index in [1.54, 1.807) is 48.5 Å². The fourth-order valence-electron chi connectivity index (χ4n) is 2.24. The summed E-state index contributed by atoms with van der Waals surface area (Å²) in [6, 6.07) is 13.7. The Bertz CT molecular complexity index is 712. The van der Waals surface area contributed by atoms with Crippen molar-refractivity contribution in [3.05, 3.63) is 59.7 Å². The number of hydrogen-bond donors (Lipinski definition) is 2. The third-order valence-corrected chi connectivity index (χ3v) is 3.56. The molecule has 0 aromatic heterocycles. The molecule has 0 heterocycles. The summed E-state index contributed by atoms with van der Waals surface area (Å²) in [5, 5.41) is 5.53. The molecule has 2 rings (SSSR count). The van der Waals surface area contributed by atoms with Crippen LogP contribution in [0, 0.1) is 0 Å². The van der Waals surface area contributed by atoms with Crippen molar-refractivity contribution >= 4 is 17.5 Å². The van der Waals surface area contributed by atoms with Crippen molar-refractivity contribution in [2.75, 3.05) is 31.7 Å². The fourth-order valence-corrected chi connectivity index (χ4v) is 2.24. The van der Waals surface area contributed by atoms with Gasteiger partial charge in [0.15, 0.2) is 0 Å². The van der Waals surface area contributed by atoms with Crippen LogP contribution in [0.3, 0.4) is 0 Å². The van der Waals surface area contributed by atoms with E-state index in [0.29, 0.717) is 48.9 Å². The van der Waals surface area contributed by atoms with Gasteiger partial charge in [-0.05, 0) is 62.4 Å². The van der Waals surface area contributed by atoms with Crippen molar-refractivity contribution < 1.29 is 19.1 Å². The second-order valence-corrected chi connectivity index (χ2v) is 5.46. The smallest absolute Gasteiger partial charge is 0.255 e. The van der Waals surface area contributed by atoms with Crippen LogP contribution in [0.25, 0.3) is 0 Å². The maximum atomic E-state index is 12.3. The average Bonchev–Trinajstić information content (AvgIpc) is 2.66. The highest BCUT2D eigenvalue weighted by Crippen LogP contribution is 2.15. The molecule has 26 heavy (non-hydrogen) atoms. The van der Waals surface area contributed by atoms with Crippen LogP contribution < -0.4 is 15.4 Å². The van der Waals surface area contributed by atoms with E-state index in [4.69, 9.17) is 9.47 Å². The molecule has 0 atom stereocenters. The molecule has 0 aliphatic heterocycles. The average molecular weight is 356 g/mol. The first-order chi connectivity index (χ1) is 12.6. The van der Waals surface area contributed by atoms with E-state index in [1.165, 1.54) is 0 Å². The molecule has 0 aliphatic carbocycles. The van der Waals surface area contributed by atoms with Crippen molar-refractivity contribution in [2.24, 2.45) is 0 Å². The minimum absolute atomic E-state index is 0.134. The molecule has 0 saturated heterocycles. The van der Waals surface area contributed by atoms with E-state index < -0.39 is 0 Å². The lowest BCUT2D eigenvalue weighted by atomic mass is 10.1. The second kappa shape index (κ2) is 10.2. The third kappa shape index (κ3) is 5.89. The summed E-state index contributed by atoms with van der Waals surface area (Å²) in [6.07, 6.45) is 0. The topological polar surface area (TPSA) is 76.7 Å². The molecule has 6 nitrogen and oxygen atoms in total. The number of amides is 2. The van der Waals surface area contributed by atoms with E-state index in [2.05, 4.69) is 10.6 Å². The number of anilines is 1. The maximum absolute atomic E-state index is 12.3. The third-order valence-electron chi connectivity index (χ3n) is 3.56. The highest BCUT2D eigenvalue weighted by atomic mass is 16.5. The Hall–Kier alpha value is -2.86. The van der Waals surface area contributed by atoms with E-state index in [1.807, 2.05) is 13.8 Å². The summed E-state index contributed by atoms with van der Waals surface area (Å²) in [5.74, 6) is 0.328. The van der Waals surface area contributed by atoms with E-state index >= 15 is 0 Å². The quantitative estimate of drug-likeness (QED) is 0.677. The molecule has 0 aliphatic rings. The first-order valence-electron chi connectivity index (χ1n) is 8.64. The number of benzene rings is 2. The van der Waals surface area contributed by atoms with E-state index in [0.717, 1.165) is 0 Å². The van der Waals surface area contributed by atoms with Crippen LogP contribution in [-0.2, 0) is 4.74 Å². The molecule has 0 bridgehead atoms. The van der Waals surface area contributed by atoms with Gasteiger partial charge in [-0.1, -0.05) is 0 Å². The lowest BCUT2D eigenvalue weighted by molar-refractivity contribution is 0.0955. The van der Waals surface area contributed by atoms with Crippen molar-refractivity contribution in [3.8, 4) is 5.75 Å². The van der Waals surface area contributed by atoms with Gasteiger partial charge in [0.1, 0.15) is 12.4 Å². The first-order valence-corrected chi connectivity index (χ1v) is 8.64. The second-order valence-electron chi connectivity index (χ2n) is 5.46. The summed E-state index contributed by atoms with van der Waals surface area (Å²) >= 11 is 0. The molecule has 2 aromatic rings.